The van der Waals surface area contributed by atoms with Crippen molar-refractivity contribution in [3.05, 3.63) is 0 Å². The molecule has 4 heteroatoms. The molecule has 116 valence electrons. The summed E-state index contributed by atoms with van der Waals surface area (Å²) in [7, 11) is 2.26. The third-order valence-corrected chi connectivity index (χ3v) is 4.81. The molecule has 1 atom stereocenters. The normalized spacial score (nSPS) is 25.5. The minimum Gasteiger partial charge on any atom is -0.355 e. The van der Waals surface area contributed by atoms with Gasteiger partial charge in [-0.05, 0) is 58.7 Å². The molecular weight excluding hydrogens is 250 g/mol. The van der Waals surface area contributed by atoms with Gasteiger partial charge in [-0.25, -0.2) is 0 Å². The van der Waals surface area contributed by atoms with Gasteiger partial charge in [0.05, 0.1) is 6.04 Å². The zero-order chi connectivity index (χ0) is 14.2. The van der Waals surface area contributed by atoms with Crippen molar-refractivity contribution in [2.45, 2.75) is 69.9 Å². The van der Waals surface area contributed by atoms with E-state index < -0.39 is 0 Å². The molecular formula is C16H31N3O. The van der Waals surface area contributed by atoms with Crippen LogP contribution in [-0.2, 0) is 4.79 Å². The van der Waals surface area contributed by atoms with Gasteiger partial charge in [0.15, 0.2) is 0 Å². The van der Waals surface area contributed by atoms with Gasteiger partial charge in [0.2, 0.25) is 5.91 Å². The highest BCUT2D eigenvalue weighted by Gasteiger charge is 2.20. The first-order valence-electron chi connectivity index (χ1n) is 8.48. The first-order valence-corrected chi connectivity index (χ1v) is 8.48. The fraction of sp³-hybridized carbons (Fsp3) is 0.938. The minimum atomic E-state index is 0.0393. The highest BCUT2D eigenvalue weighted by atomic mass is 16.2. The van der Waals surface area contributed by atoms with E-state index in [2.05, 4.69) is 22.6 Å². The van der Waals surface area contributed by atoms with Crippen LogP contribution < -0.4 is 10.6 Å². The van der Waals surface area contributed by atoms with Gasteiger partial charge in [-0.2, -0.15) is 0 Å². The maximum Gasteiger partial charge on any atom is 0.237 e. The van der Waals surface area contributed by atoms with Crippen LogP contribution in [0.1, 0.15) is 57.8 Å². The molecule has 2 aliphatic rings. The Morgan fingerprint density at radius 2 is 1.90 bits per heavy atom. The molecule has 0 spiro atoms. The monoisotopic (exact) mass is 281 g/mol. The summed E-state index contributed by atoms with van der Waals surface area (Å²) < 4.78 is 0. The Balaban J connectivity index is 1.59. The van der Waals surface area contributed by atoms with Crippen LogP contribution in [0.25, 0.3) is 0 Å². The van der Waals surface area contributed by atoms with Crippen molar-refractivity contribution in [2.24, 2.45) is 0 Å². The lowest BCUT2D eigenvalue weighted by atomic mass is 9.94. The van der Waals surface area contributed by atoms with Crippen LogP contribution in [0.3, 0.4) is 0 Å². The number of hydrogen-bond donors (Lipinski definition) is 2. The highest BCUT2D eigenvalue weighted by Crippen LogP contribution is 2.21. The van der Waals surface area contributed by atoms with Crippen molar-refractivity contribution in [1.82, 2.24) is 15.5 Å². The molecule has 2 rings (SSSR count). The molecule has 0 radical (unpaired) electrons. The molecule has 1 saturated carbocycles. The van der Waals surface area contributed by atoms with E-state index in [0.29, 0.717) is 0 Å². The van der Waals surface area contributed by atoms with Crippen molar-refractivity contribution in [3.63, 3.8) is 0 Å². The molecule has 0 bridgehead atoms. The van der Waals surface area contributed by atoms with E-state index in [0.717, 1.165) is 51.4 Å². The second kappa shape index (κ2) is 8.63. The molecule has 1 amide bonds. The molecule has 1 heterocycles. The van der Waals surface area contributed by atoms with Crippen molar-refractivity contribution >= 4 is 5.91 Å². The average molecular weight is 281 g/mol. The maximum atomic E-state index is 11.8. The average Bonchev–Trinajstić information content (AvgIpc) is 2.69. The summed E-state index contributed by atoms with van der Waals surface area (Å²) in [5.41, 5.74) is 0. The van der Waals surface area contributed by atoms with E-state index >= 15 is 0 Å². The van der Waals surface area contributed by atoms with Crippen LogP contribution in [0.15, 0.2) is 0 Å². The van der Waals surface area contributed by atoms with Crippen LogP contribution in [-0.4, -0.2) is 49.6 Å². The summed E-state index contributed by atoms with van der Waals surface area (Å²) in [6, 6.07) is 0.836. The van der Waals surface area contributed by atoms with Crippen LogP contribution in [0.5, 0.6) is 0 Å². The fourth-order valence-corrected chi connectivity index (χ4v) is 3.44. The molecule has 1 aliphatic heterocycles. The number of carbonyl (C=O) groups is 1. The van der Waals surface area contributed by atoms with Gasteiger partial charge in [-0.15, -0.1) is 0 Å². The smallest absolute Gasteiger partial charge is 0.237 e. The third kappa shape index (κ3) is 5.06. The first-order chi connectivity index (χ1) is 9.77. The SMILES string of the molecule is CN(CCCNC1CCCCNC1=O)C1CCCCC1. The van der Waals surface area contributed by atoms with E-state index in [1.165, 1.54) is 32.1 Å². The molecule has 0 aromatic rings. The van der Waals surface area contributed by atoms with Crippen molar-refractivity contribution in [3.8, 4) is 0 Å². The molecule has 2 N–H and O–H groups in total. The van der Waals surface area contributed by atoms with Gasteiger partial charge in [-0.3, -0.25) is 4.79 Å². The topological polar surface area (TPSA) is 44.4 Å². The molecule has 1 aliphatic carbocycles. The standard InChI is InChI=1S/C16H31N3O/c1-19(14-8-3-2-4-9-14)13-7-12-17-15-10-5-6-11-18-16(15)20/h14-15,17H,2-13H2,1H3,(H,18,20). The molecule has 20 heavy (non-hydrogen) atoms. The van der Waals surface area contributed by atoms with Crippen LogP contribution >= 0.6 is 0 Å². The quantitative estimate of drug-likeness (QED) is 0.731. The third-order valence-electron chi connectivity index (χ3n) is 4.81. The van der Waals surface area contributed by atoms with Crippen LogP contribution in [0.4, 0.5) is 0 Å². The number of amides is 1. The minimum absolute atomic E-state index is 0.0393. The zero-order valence-corrected chi connectivity index (χ0v) is 13.0. The largest absolute Gasteiger partial charge is 0.355 e. The highest BCUT2D eigenvalue weighted by molar-refractivity contribution is 5.81. The molecule has 0 aromatic carbocycles. The summed E-state index contributed by atoms with van der Waals surface area (Å²) >= 11 is 0. The molecule has 1 unspecified atom stereocenters. The second-order valence-electron chi connectivity index (χ2n) is 6.42. The summed E-state index contributed by atoms with van der Waals surface area (Å²) in [6.45, 7) is 2.95. The van der Waals surface area contributed by atoms with E-state index in [-0.39, 0.29) is 11.9 Å². The number of rotatable bonds is 6. The number of nitrogens with one attached hydrogen (secondary N) is 2. The number of carbonyl (C=O) groups excluding carboxylic acids is 1. The summed E-state index contributed by atoms with van der Waals surface area (Å²) in [5.74, 6) is 0.197. The van der Waals surface area contributed by atoms with Crippen molar-refractivity contribution in [1.29, 1.82) is 0 Å². The number of nitrogens with zero attached hydrogens (tertiary/aromatic N) is 1. The van der Waals surface area contributed by atoms with Crippen molar-refractivity contribution < 1.29 is 4.79 Å². The Kier molecular flexibility index (Phi) is 6.80. The maximum absolute atomic E-state index is 11.8. The predicted octanol–water partition coefficient (Wildman–Crippen LogP) is 1.90. The van der Waals surface area contributed by atoms with E-state index in [1.807, 2.05) is 0 Å². The fourth-order valence-electron chi connectivity index (χ4n) is 3.44. The Morgan fingerprint density at radius 1 is 1.15 bits per heavy atom. The lowest BCUT2D eigenvalue weighted by Crippen LogP contribution is -2.44. The Bertz CT molecular complexity index is 289. The van der Waals surface area contributed by atoms with E-state index in [1.54, 1.807) is 0 Å². The lowest BCUT2D eigenvalue weighted by molar-refractivity contribution is -0.122. The lowest BCUT2D eigenvalue weighted by Gasteiger charge is -2.31. The van der Waals surface area contributed by atoms with E-state index in [9.17, 15) is 4.79 Å². The molecule has 1 saturated heterocycles. The second-order valence-corrected chi connectivity index (χ2v) is 6.42. The number of hydrogen-bond acceptors (Lipinski definition) is 3. The van der Waals surface area contributed by atoms with Crippen molar-refractivity contribution in [2.75, 3.05) is 26.7 Å². The van der Waals surface area contributed by atoms with Gasteiger partial charge in [0.1, 0.15) is 0 Å². The summed E-state index contributed by atoms with van der Waals surface area (Å²) in [6.07, 6.45) is 11.4. The van der Waals surface area contributed by atoms with Gasteiger partial charge < -0.3 is 15.5 Å². The zero-order valence-electron chi connectivity index (χ0n) is 13.0. The Morgan fingerprint density at radius 3 is 2.70 bits per heavy atom. The van der Waals surface area contributed by atoms with Crippen LogP contribution in [0.2, 0.25) is 0 Å². The molecule has 4 nitrogen and oxygen atoms in total. The Labute approximate surface area is 123 Å². The van der Waals surface area contributed by atoms with Gasteiger partial charge in [0, 0.05) is 12.6 Å². The van der Waals surface area contributed by atoms with Gasteiger partial charge >= 0.3 is 0 Å². The summed E-state index contributed by atoms with van der Waals surface area (Å²) in [5, 5.41) is 6.42. The van der Waals surface area contributed by atoms with E-state index in [4.69, 9.17) is 0 Å². The first kappa shape index (κ1) is 15.8. The molecule has 2 fully saturated rings. The van der Waals surface area contributed by atoms with Gasteiger partial charge in [0.25, 0.3) is 0 Å². The van der Waals surface area contributed by atoms with Crippen LogP contribution in [0, 0.1) is 0 Å². The molecule has 0 aromatic heterocycles. The summed E-state index contributed by atoms with van der Waals surface area (Å²) in [4.78, 5) is 14.3. The van der Waals surface area contributed by atoms with Gasteiger partial charge in [-0.1, -0.05) is 19.3 Å². The predicted molar refractivity (Wildman–Crippen MR) is 82.8 cm³/mol. The Hall–Kier alpha value is -0.610.